The molecular formula is C23H20F3N3O5. The third-order valence-electron chi connectivity index (χ3n) is 4.48. The molecule has 2 aromatic carbocycles. The summed E-state index contributed by atoms with van der Waals surface area (Å²) in [5.41, 5.74) is -0.441. The van der Waals surface area contributed by atoms with Crippen LogP contribution in [0.4, 0.5) is 30.4 Å². The maximum atomic E-state index is 13.0. The molecule has 8 nitrogen and oxygen atoms in total. The fourth-order valence-corrected chi connectivity index (χ4v) is 2.90. The molecule has 1 amide bonds. The molecule has 0 unspecified atom stereocenters. The summed E-state index contributed by atoms with van der Waals surface area (Å²) < 4.78 is 54.2. The number of pyridine rings is 1. The van der Waals surface area contributed by atoms with Gasteiger partial charge in [-0.25, -0.2) is 9.78 Å². The van der Waals surface area contributed by atoms with E-state index in [1.54, 1.807) is 12.1 Å². The lowest BCUT2D eigenvalue weighted by Gasteiger charge is -2.13. The van der Waals surface area contributed by atoms with Crippen LogP contribution < -0.4 is 20.1 Å². The number of carbonyl (C=O) groups is 2. The van der Waals surface area contributed by atoms with Gasteiger partial charge in [0, 0.05) is 23.6 Å². The average Bonchev–Trinajstić information content (AvgIpc) is 2.82. The van der Waals surface area contributed by atoms with E-state index in [1.807, 2.05) is 0 Å². The minimum Gasteiger partial charge on any atom is -0.493 e. The Hall–Kier alpha value is -4.28. The Morgan fingerprint density at radius 1 is 0.941 bits per heavy atom. The van der Waals surface area contributed by atoms with Gasteiger partial charge in [-0.3, -0.25) is 4.79 Å². The lowest BCUT2D eigenvalue weighted by atomic mass is 10.2. The smallest absolute Gasteiger partial charge is 0.416 e. The lowest BCUT2D eigenvalue weighted by molar-refractivity contribution is -0.137. The highest BCUT2D eigenvalue weighted by Crippen LogP contribution is 2.32. The number of aromatic nitrogens is 1. The Balaban J connectivity index is 1.65. The van der Waals surface area contributed by atoms with Gasteiger partial charge in [0.05, 0.1) is 19.8 Å². The van der Waals surface area contributed by atoms with Gasteiger partial charge in [0.1, 0.15) is 11.4 Å². The van der Waals surface area contributed by atoms with Crippen LogP contribution in [0.5, 0.6) is 11.5 Å². The first-order valence-electron chi connectivity index (χ1n) is 9.79. The van der Waals surface area contributed by atoms with Crippen molar-refractivity contribution in [1.82, 2.24) is 4.98 Å². The predicted octanol–water partition coefficient (Wildman–Crippen LogP) is 4.66. The molecule has 1 heterocycles. The highest BCUT2D eigenvalue weighted by molar-refractivity contribution is 5.98. The van der Waals surface area contributed by atoms with E-state index in [-0.39, 0.29) is 17.1 Å². The van der Waals surface area contributed by atoms with E-state index in [4.69, 9.17) is 14.2 Å². The molecule has 0 saturated heterocycles. The molecule has 0 spiro atoms. The van der Waals surface area contributed by atoms with E-state index < -0.39 is 30.2 Å². The molecule has 11 heteroatoms. The Labute approximate surface area is 192 Å². The number of rotatable bonds is 8. The van der Waals surface area contributed by atoms with Crippen molar-refractivity contribution in [2.75, 3.05) is 31.5 Å². The summed E-state index contributed by atoms with van der Waals surface area (Å²) in [5.74, 6) is -0.642. The number of nitrogens with one attached hydrogen (secondary N) is 2. The van der Waals surface area contributed by atoms with Gasteiger partial charge in [-0.05, 0) is 42.5 Å². The summed E-state index contributed by atoms with van der Waals surface area (Å²) in [5, 5.41) is 5.24. The van der Waals surface area contributed by atoms with Gasteiger partial charge in [0.25, 0.3) is 5.91 Å². The van der Waals surface area contributed by atoms with Crippen LogP contribution in [0.2, 0.25) is 0 Å². The van der Waals surface area contributed by atoms with Gasteiger partial charge in [-0.15, -0.1) is 0 Å². The average molecular weight is 475 g/mol. The second kappa shape index (κ2) is 10.6. The zero-order valence-electron chi connectivity index (χ0n) is 18.1. The zero-order chi connectivity index (χ0) is 24.7. The van der Waals surface area contributed by atoms with Crippen LogP contribution in [0.15, 0.2) is 60.8 Å². The van der Waals surface area contributed by atoms with E-state index in [1.165, 1.54) is 50.7 Å². The summed E-state index contributed by atoms with van der Waals surface area (Å²) in [6, 6.07) is 12.0. The topological polar surface area (TPSA) is 98.8 Å². The van der Waals surface area contributed by atoms with Gasteiger partial charge < -0.3 is 24.8 Å². The van der Waals surface area contributed by atoms with Crippen LogP contribution in [-0.2, 0) is 15.7 Å². The number of carbonyl (C=O) groups excluding carboxylic acids is 2. The van der Waals surface area contributed by atoms with Crippen LogP contribution in [0.3, 0.4) is 0 Å². The molecule has 0 aliphatic rings. The highest BCUT2D eigenvalue weighted by atomic mass is 19.4. The van der Waals surface area contributed by atoms with E-state index >= 15 is 0 Å². The number of esters is 1. The second-order valence-electron chi connectivity index (χ2n) is 6.80. The standard InChI is InChI=1S/C23H20F3N3O5/c1-32-18-9-8-16(12-19(18)33-2)28-20(30)13-34-22(31)17-7-4-10-27-21(17)29-15-6-3-5-14(11-15)23(24,25)26/h3-12H,13H2,1-2H3,(H,27,29)(H,28,30). The van der Waals surface area contributed by atoms with Crippen LogP contribution in [0.1, 0.15) is 15.9 Å². The molecule has 0 aliphatic heterocycles. The second-order valence-corrected chi connectivity index (χ2v) is 6.80. The Morgan fingerprint density at radius 2 is 1.71 bits per heavy atom. The number of alkyl halides is 3. The largest absolute Gasteiger partial charge is 0.493 e. The number of hydrogen-bond donors (Lipinski definition) is 2. The van der Waals surface area contributed by atoms with Crippen LogP contribution >= 0.6 is 0 Å². The van der Waals surface area contributed by atoms with Gasteiger partial charge in [-0.2, -0.15) is 13.2 Å². The minimum atomic E-state index is -4.52. The van der Waals surface area contributed by atoms with Gasteiger partial charge in [0.2, 0.25) is 0 Å². The van der Waals surface area contributed by atoms with Crippen LogP contribution in [0, 0.1) is 0 Å². The molecule has 2 N–H and O–H groups in total. The number of amides is 1. The number of hydrogen-bond acceptors (Lipinski definition) is 7. The highest BCUT2D eigenvalue weighted by Gasteiger charge is 2.30. The predicted molar refractivity (Wildman–Crippen MR) is 117 cm³/mol. The van der Waals surface area contributed by atoms with Gasteiger partial charge in [0.15, 0.2) is 18.1 Å². The van der Waals surface area contributed by atoms with Crippen molar-refractivity contribution < 1.29 is 37.0 Å². The van der Waals surface area contributed by atoms with Crippen LogP contribution in [-0.4, -0.2) is 37.7 Å². The number of ether oxygens (including phenoxy) is 3. The first-order valence-corrected chi connectivity index (χ1v) is 9.79. The maximum Gasteiger partial charge on any atom is 0.416 e. The van der Waals surface area contributed by atoms with Crippen LogP contribution in [0.25, 0.3) is 0 Å². The first-order chi connectivity index (χ1) is 16.2. The molecule has 0 saturated carbocycles. The molecule has 178 valence electrons. The van der Waals surface area contributed by atoms with E-state index in [9.17, 15) is 22.8 Å². The minimum absolute atomic E-state index is 0.0212. The number of anilines is 3. The Kier molecular flexibility index (Phi) is 7.57. The molecule has 0 radical (unpaired) electrons. The summed E-state index contributed by atoms with van der Waals surface area (Å²) >= 11 is 0. The number of halogens is 3. The molecule has 34 heavy (non-hydrogen) atoms. The maximum absolute atomic E-state index is 13.0. The summed E-state index contributed by atoms with van der Waals surface area (Å²) in [6.07, 6.45) is -3.17. The van der Waals surface area contributed by atoms with E-state index in [2.05, 4.69) is 15.6 Å². The SMILES string of the molecule is COc1ccc(NC(=O)COC(=O)c2cccnc2Nc2cccc(C(F)(F)F)c2)cc1OC. The fourth-order valence-electron chi connectivity index (χ4n) is 2.90. The molecule has 1 aromatic heterocycles. The number of methoxy groups -OCH3 is 2. The van der Waals surface area contributed by atoms with E-state index in [0.717, 1.165) is 12.1 Å². The Morgan fingerprint density at radius 3 is 2.41 bits per heavy atom. The molecule has 0 fully saturated rings. The van der Waals surface area contributed by atoms with Crippen molar-refractivity contribution in [3.63, 3.8) is 0 Å². The molecule has 3 rings (SSSR count). The fraction of sp³-hybridized carbons (Fsp3) is 0.174. The number of benzene rings is 2. The quantitative estimate of drug-likeness (QED) is 0.458. The molecule has 0 aliphatic carbocycles. The summed E-state index contributed by atoms with van der Waals surface area (Å²) in [7, 11) is 2.92. The van der Waals surface area contributed by atoms with Crippen molar-refractivity contribution in [1.29, 1.82) is 0 Å². The van der Waals surface area contributed by atoms with Gasteiger partial charge >= 0.3 is 12.1 Å². The first kappa shape index (κ1) is 24.4. The third kappa shape index (κ3) is 6.15. The van der Waals surface area contributed by atoms with Crippen molar-refractivity contribution in [2.45, 2.75) is 6.18 Å². The third-order valence-corrected chi connectivity index (χ3v) is 4.48. The monoisotopic (exact) mass is 475 g/mol. The summed E-state index contributed by atoms with van der Waals surface area (Å²) in [6.45, 7) is -0.606. The van der Waals surface area contributed by atoms with E-state index in [0.29, 0.717) is 17.2 Å². The molecule has 3 aromatic rings. The van der Waals surface area contributed by atoms with Crippen molar-refractivity contribution >= 4 is 29.1 Å². The summed E-state index contributed by atoms with van der Waals surface area (Å²) in [4.78, 5) is 28.7. The van der Waals surface area contributed by atoms with Crippen molar-refractivity contribution in [2.24, 2.45) is 0 Å². The molecule has 0 bridgehead atoms. The van der Waals surface area contributed by atoms with Crippen molar-refractivity contribution in [3.05, 3.63) is 71.9 Å². The normalized spacial score (nSPS) is 10.9. The molecular weight excluding hydrogens is 455 g/mol. The van der Waals surface area contributed by atoms with Gasteiger partial charge in [-0.1, -0.05) is 6.07 Å². The lowest BCUT2D eigenvalue weighted by Crippen LogP contribution is -2.21. The van der Waals surface area contributed by atoms with Crippen molar-refractivity contribution in [3.8, 4) is 11.5 Å². The Bertz CT molecular complexity index is 1180. The molecule has 0 atom stereocenters. The number of nitrogens with zero attached hydrogens (tertiary/aromatic N) is 1. The zero-order valence-corrected chi connectivity index (χ0v) is 18.1.